The van der Waals surface area contributed by atoms with Crippen LogP contribution in [0.4, 0.5) is 0 Å². The molecule has 1 fully saturated rings. The van der Waals surface area contributed by atoms with E-state index in [0.29, 0.717) is 18.1 Å². The summed E-state index contributed by atoms with van der Waals surface area (Å²) in [6, 6.07) is 12.6. The van der Waals surface area contributed by atoms with Crippen LogP contribution in [0.25, 0.3) is 0 Å². The van der Waals surface area contributed by atoms with Crippen molar-refractivity contribution in [3.8, 4) is 0 Å². The Labute approximate surface area is 118 Å². The summed E-state index contributed by atoms with van der Waals surface area (Å²) in [5, 5.41) is 3.73. The quantitative estimate of drug-likeness (QED) is 0.892. The van der Waals surface area contributed by atoms with Crippen LogP contribution in [0.15, 0.2) is 30.3 Å². The molecule has 2 atom stereocenters. The summed E-state index contributed by atoms with van der Waals surface area (Å²) in [6.45, 7) is 11.5. The third kappa shape index (κ3) is 3.80. The molecule has 2 heteroatoms. The molecule has 1 aliphatic heterocycles. The molecule has 0 radical (unpaired) electrons. The van der Waals surface area contributed by atoms with E-state index in [2.05, 4.69) is 68.2 Å². The van der Waals surface area contributed by atoms with E-state index in [9.17, 15) is 0 Å². The van der Waals surface area contributed by atoms with Crippen LogP contribution in [0, 0.1) is 5.92 Å². The lowest BCUT2D eigenvalue weighted by molar-refractivity contribution is 0.0833. The molecule has 0 aliphatic carbocycles. The van der Waals surface area contributed by atoms with Gasteiger partial charge in [0.1, 0.15) is 0 Å². The van der Waals surface area contributed by atoms with Gasteiger partial charge in [-0.05, 0) is 31.7 Å². The molecular weight excluding hydrogens is 232 g/mol. The van der Waals surface area contributed by atoms with E-state index in [4.69, 9.17) is 0 Å². The first-order chi connectivity index (χ1) is 9.08. The van der Waals surface area contributed by atoms with E-state index in [0.717, 1.165) is 19.0 Å². The van der Waals surface area contributed by atoms with Gasteiger partial charge in [0.25, 0.3) is 0 Å². The minimum Gasteiger partial charge on any atom is -0.307 e. The molecule has 2 rings (SSSR count). The Balaban J connectivity index is 2.06. The van der Waals surface area contributed by atoms with Gasteiger partial charge >= 0.3 is 0 Å². The normalized spacial score (nSPS) is 25.2. The predicted octanol–water partition coefficient (Wildman–Crippen LogP) is 3.46. The van der Waals surface area contributed by atoms with Crippen LogP contribution in [0.2, 0.25) is 0 Å². The Morgan fingerprint density at radius 2 is 1.84 bits per heavy atom. The second kappa shape index (κ2) is 6.53. The first-order valence-electron chi connectivity index (χ1n) is 7.62. The van der Waals surface area contributed by atoms with Gasteiger partial charge in [0.05, 0.1) is 0 Å². The molecule has 0 bridgehead atoms. The molecule has 106 valence electrons. The average Bonchev–Trinajstić information content (AvgIpc) is 2.39. The topological polar surface area (TPSA) is 15.3 Å². The minimum atomic E-state index is 0.479. The number of nitrogens with one attached hydrogen (secondary N) is 1. The summed E-state index contributed by atoms with van der Waals surface area (Å²) >= 11 is 0. The van der Waals surface area contributed by atoms with Crippen LogP contribution in [0.3, 0.4) is 0 Å². The SMILES string of the molecule is CC(C)CC1CNC(c2ccccc2)CN1C(C)C. The van der Waals surface area contributed by atoms with Gasteiger partial charge in [-0.2, -0.15) is 0 Å². The minimum absolute atomic E-state index is 0.479. The Kier molecular flexibility index (Phi) is 5.00. The molecule has 1 aromatic rings. The van der Waals surface area contributed by atoms with E-state index in [1.165, 1.54) is 12.0 Å². The van der Waals surface area contributed by atoms with E-state index in [1.807, 2.05) is 0 Å². The van der Waals surface area contributed by atoms with Crippen LogP contribution in [0.1, 0.15) is 45.7 Å². The lowest BCUT2D eigenvalue weighted by Crippen LogP contribution is -2.55. The van der Waals surface area contributed by atoms with E-state index in [-0.39, 0.29) is 0 Å². The number of benzene rings is 1. The van der Waals surface area contributed by atoms with Crippen molar-refractivity contribution in [2.24, 2.45) is 5.92 Å². The Morgan fingerprint density at radius 3 is 2.42 bits per heavy atom. The van der Waals surface area contributed by atoms with Gasteiger partial charge in [-0.25, -0.2) is 0 Å². The van der Waals surface area contributed by atoms with Gasteiger partial charge in [-0.3, -0.25) is 4.90 Å². The summed E-state index contributed by atoms with van der Waals surface area (Å²) in [4.78, 5) is 2.67. The van der Waals surface area contributed by atoms with Gasteiger partial charge in [-0.1, -0.05) is 44.2 Å². The zero-order valence-electron chi connectivity index (χ0n) is 12.8. The number of piperazine rings is 1. The Hall–Kier alpha value is -0.860. The van der Waals surface area contributed by atoms with Crippen LogP contribution in [-0.2, 0) is 0 Å². The molecule has 1 aliphatic rings. The van der Waals surface area contributed by atoms with E-state index in [1.54, 1.807) is 0 Å². The van der Waals surface area contributed by atoms with Crippen molar-refractivity contribution >= 4 is 0 Å². The summed E-state index contributed by atoms with van der Waals surface area (Å²) in [7, 11) is 0. The predicted molar refractivity (Wildman–Crippen MR) is 82.3 cm³/mol. The number of hydrogen-bond donors (Lipinski definition) is 1. The Morgan fingerprint density at radius 1 is 1.16 bits per heavy atom. The van der Waals surface area contributed by atoms with E-state index < -0.39 is 0 Å². The summed E-state index contributed by atoms with van der Waals surface area (Å²) in [5.74, 6) is 0.765. The molecule has 0 amide bonds. The Bertz CT molecular complexity index is 372. The standard InChI is InChI=1S/C17H28N2/c1-13(2)10-16-11-18-17(12-19(16)14(3)4)15-8-6-5-7-9-15/h5-9,13-14,16-18H,10-12H2,1-4H3. The molecule has 1 aromatic carbocycles. The second-order valence-electron chi connectivity index (χ2n) is 6.45. The van der Waals surface area contributed by atoms with Crippen LogP contribution < -0.4 is 5.32 Å². The van der Waals surface area contributed by atoms with Crippen molar-refractivity contribution in [2.45, 2.75) is 52.2 Å². The summed E-state index contributed by atoms with van der Waals surface area (Å²) in [6.07, 6.45) is 1.28. The molecule has 0 spiro atoms. The number of hydrogen-bond acceptors (Lipinski definition) is 2. The maximum atomic E-state index is 3.73. The average molecular weight is 260 g/mol. The van der Waals surface area contributed by atoms with Crippen LogP contribution >= 0.6 is 0 Å². The van der Waals surface area contributed by atoms with Gasteiger partial charge in [0.15, 0.2) is 0 Å². The van der Waals surface area contributed by atoms with Gasteiger partial charge in [0, 0.05) is 31.2 Å². The molecule has 1 heterocycles. The van der Waals surface area contributed by atoms with Crippen molar-refractivity contribution in [3.63, 3.8) is 0 Å². The van der Waals surface area contributed by atoms with Gasteiger partial charge in [0.2, 0.25) is 0 Å². The molecule has 19 heavy (non-hydrogen) atoms. The molecule has 1 saturated heterocycles. The zero-order chi connectivity index (χ0) is 13.8. The molecule has 0 aromatic heterocycles. The summed E-state index contributed by atoms with van der Waals surface area (Å²) < 4.78 is 0. The monoisotopic (exact) mass is 260 g/mol. The highest BCUT2D eigenvalue weighted by atomic mass is 15.2. The van der Waals surface area contributed by atoms with Gasteiger partial charge in [-0.15, -0.1) is 0 Å². The highest BCUT2D eigenvalue weighted by molar-refractivity contribution is 5.20. The fourth-order valence-electron chi connectivity index (χ4n) is 3.12. The largest absolute Gasteiger partial charge is 0.307 e. The van der Waals surface area contributed by atoms with E-state index >= 15 is 0 Å². The lowest BCUT2D eigenvalue weighted by atomic mass is 9.95. The highest BCUT2D eigenvalue weighted by Crippen LogP contribution is 2.24. The molecular formula is C17H28N2. The number of nitrogens with zero attached hydrogens (tertiary/aromatic N) is 1. The third-order valence-electron chi connectivity index (χ3n) is 4.07. The molecule has 1 N–H and O–H groups in total. The number of rotatable bonds is 4. The smallest absolute Gasteiger partial charge is 0.0450 e. The van der Waals surface area contributed by atoms with Crippen molar-refractivity contribution in [3.05, 3.63) is 35.9 Å². The maximum absolute atomic E-state index is 3.73. The van der Waals surface area contributed by atoms with Crippen LogP contribution in [-0.4, -0.2) is 30.1 Å². The van der Waals surface area contributed by atoms with Crippen molar-refractivity contribution < 1.29 is 0 Å². The van der Waals surface area contributed by atoms with Crippen LogP contribution in [0.5, 0.6) is 0 Å². The first kappa shape index (κ1) is 14.5. The highest BCUT2D eigenvalue weighted by Gasteiger charge is 2.30. The molecule has 0 saturated carbocycles. The second-order valence-corrected chi connectivity index (χ2v) is 6.45. The maximum Gasteiger partial charge on any atom is 0.0450 e. The third-order valence-corrected chi connectivity index (χ3v) is 4.07. The van der Waals surface area contributed by atoms with Crippen molar-refractivity contribution in [2.75, 3.05) is 13.1 Å². The fraction of sp³-hybridized carbons (Fsp3) is 0.647. The first-order valence-corrected chi connectivity index (χ1v) is 7.62. The molecule has 2 nitrogen and oxygen atoms in total. The van der Waals surface area contributed by atoms with Crippen molar-refractivity contribution in [1.29, 1.82) is 0 Å². The summed E-state index contributed by atoms with van der Waals surface area (Å²) in [5.41, 5.74) is 1.41. The lowest BCUT2D eigenvalue weighted by Gasteiger charge is -2.43. The van der Waals surface area contributed by atoms with Crippen molar-refractivity contribution in [1.82, 2.24) is 10.2 Å². The molecule has 2 unspecified atom stereocenters. The zero-order valence-corrected chi connectivity index (χ0v) is 12.8. The fourth-order valence-corrected chi connectivity index (χ4v) is 3.12. The van der Waals surface area contributed by atoms with Gasteiger partial charge < -0.3 is 5.32 Å².